The van der Waals surface area contributed by atoms with Crippen molar-refractivity contribution >= 4 is 22.7 Å². The number of fused-ring (bicyclic) bond motifs is 2. The van der Waals surface area contributed by atoms with Gasteiger partial charge in [-0.3, -0.25) is 4.79 Å². The first-order chi connectivity index (χ1) is 11.1. The number of hydrogen-bond donors (Lipinski definition) is 0. The summed E-state index contributed by atoms with van der Waals surface area (Å²) in [4.78, 5) is 19.6. The molecule has 0 radical (unpaired) electrons. The van der Waals surface area contributed by atoms with Crippen molar-refractivity contribution < 1.29 is 9.53 Å². The topological polar surface area (TPSA) is 42.4 Å². The van der Waals surface area contributed by atoms with Gasteiger partial charge in [0.2, 0.25) is 0 Å². The number of ether oxygens (including phenoxy) is 1. The summed E-state index contributed by atoms with van der Waals surface area (Å²) in [5.74, 6) is 1.37. The Balaban J connectivity index is 1.72. The van der Waals surface area contributed by atoms with Gasteiger partial charge in [0.25, 0.3) is 0 Å². The van der Waals surface area contributed by atoms with Crippen molar-refractivity contribution in [3.8, 4) is 0 Å². The Labute approximate surface area is 136 Å². The van der Waals surface area contributed by atoms with E-state index in [0.29, 0.717) is 5.92 Å². The van der Waals surface area contributed by atoms with Gasteiger partial charge < -0.3 is 9.64 Å². The van der Waals surface area contributed by atoms with E-state index in [9.17, 15) is 4.79 Å². The summed E-state index contributed by atoms with van der Waals surface area (Å²) in [5, 5.41) is 1.16. The number of para-hydroxylation sites is 1. The second kappa shape index (κ2) is 5.22. The molecule has 1 aromatic heterocycles. The first-order valence-corrected chi connectivity index (χ1v) is 8.34. The van der Waals surface area contributed by atoms with E-state index in [2.05, 4.69) is 24.0 Å². The van der Waals surface area contributed by atoms with Gasteiger partial charge in [0.15, 0.2) is 0 Å². The number of esters is 1. The van der Waals surface area contributed by atoms with E-state index in [1.54, 1.807) is 0 Å². The third kappa shape index (κ3) is 2.12. The van der Waals surface area contributed by atoms with E-state index >= 15 is 0 Å². The fourth-order valence-corrected chi connectivity index (χ4v) is 4.52. The van der Waals surface area contributed by atoms with Crippen LogP contribution in [0.15, 0.2) is 30.3 Å². The van der Waals surface area contributed by atoms with E-state index in [1.807, 2.05) is 18.2 Å². The van der Waals surface area contributed by atoms with E-state index in [1.165, 1.54) is 12.7 Å². The Hall–Kier alpha value is -2.10. The number of benzene rings is 1. The van der Waals surface area contributed by atoms with Crippen LogP contribution < -0.4 is 4.90 Å². The number of rotatable bonds is 2. The van der Waals surface area contributed by atoms with Crippen LogP contribution in [0.5, 0.6) is 0 Å². The largest absolute Gasteiger partial charge is 0.469 e. The average molecular weight is 310 g/mol. The second-order valence-corrected chi connectivity index (χ2v) is 6.94. The van der Waals surface area contributed by atoms with Crippen LogP contribution in [0.3, 0.4) is 0 Å². The maximum Gasteiger partial charge on any atom is 0.313 e. The number of aryl methyl sites for hydroxylation is 1. The minimum absolute atomic E-state index is 0.0408. The van der Waals surface area contributed by atoms with Gasteiger partial charge in [-0.05, 0) is 43.4 Å². The highest BCUT2D eigenvalue weighted by atomic mass is 16.5. The van der Waals surface area contributed by atoms with Gasteiger partial charge in [-0.2, -0.15) is 0 Å². The van der Waals surface area contributed by atoms with Gasteiger partial charge in [0.1, 0.15) is 5.82 Å². The smallest absolute Gasteiger partial charge is 0.313 e. The molecular formula is C19H22N2O2. The zero-order valence-electron chi connectivity index (χ0n) is 13.7. The van der Waals surface area contributed by atoms with Crippen molar-refractivity contribution in [2.75, 3.05) is 25.1 Å². The summed E-state index contributed by atoms with van der Waals surface area (Å²) in [6.45, 7) is 3.74. The SMILES string of the molecule is COC(=O)C12CCCC1CN(c1nc3ccccc3cc1C)C2. The molecule has 1 aromatic carbocycles. The lowest BCUT2D eigenvalue weighted by Crippen LogP contribution is -2.37. The number of pyridine rings is 1. The molecule has 0 spiro atoms. The number of aromatic nitrogens is 1. The maximum atomic E-state index is 12.4. The highest BCUT2D eigenvalue weighted by molar-refractivity contribution is 5.83. The van der Waals surface area contributed by atoms with Crippen molar-refractivity contribution in [2.45, 2.75) is 26.2 Å². The molecule has 2 heterocycles. The molecule has 1 saturated carbocycles. The van der Waals surface area contributed by atoms with Crippen molar-refractivity contribution in [2.24, 2.45) is 11.3 Å². The van der Waals surface area contributed by atoms with Crippen LogP contribution in [-0.2, 0) is 9.53 Å². The number of nitrogens with zero attached hydrogens (tertiary/aromatic N) is 2. The minimum atomic E-state index is -0.325. The summed E-state index contributed by atoms with van der Waals surface area (Å²) in [5.41, 5.74) is 1.86. The Kier molecular flexibility index (Phi) is 3.29. The molecular weight excluding hydrogens is 288 g/mol. The van der Waals surface area contributed by atoms with E-state index in [4.69, 9.17) is 9.72 Å². The van der Waals surface area contributed by atoms with Crippen LogP contribution in [0, 0.1) is 18.3 Å². The number of hydrogen-bond acceptors (Lipinski definition) is 4. The molecule has 1 aliphatic heterocycles. The van der Waals surface area contributed by atoms with Gasteiger partial charge in [-0.25, -0.2) is 4.98 Å². The first-order valence-electron chi connectivity index (χ1n) is 8.34. The van der Waals surface area contributed by atoms with Crippen LogP contribution in [0.1, 0.15) is 24.8 Å². The zero-order valence-corrected chi connectivity index (χ0v) is 13.7. The minimum Gasteiger partial charge on any atom is -0.469 e. The normalized spacial score (nSPS) is 26.5. The van der Waals surface area contributed by atoms with Crippen molar-refractivity contribution in [3.63, 3.8) is 0 Å². The Morgan fingerprint density at radius 2 is 2.22 bits per heavy atom. The molecule has 4 rings (SSSR count). The number of methoxy groups -OCH3 is 1. The Morgan fingerprint density at radius 3 is 3.04 bits per heavy atom. The molecule has 2 unspecified atom stereocenters. The van der Waals surface area contributed by atoms with Gasteiger partial charge in [-0.1, -0.05) is 24.6 Å². The Morgan fingerprint density at radius 1 is 1.39 bits per heavy atom. The Bertz CT molecular complexity index is 773. The summed E-state index contributed by atoms with van der Waals surface area (Å²) in [6, 6.07) is 10.4. The van der Waals surface area contributed by atoms with Gasteiger partial charge in [0, 0.05) is 18.5 Å². The number of carbonyl (C=O) groups is 1. The summed E-state index contributed by atoms with van der Waals surface area (Å²) in [6.07, 6.45) is 3.17. The lowest BCUT2D eigenvalue weighted by molar-refractivity contribution is -0.152. The third-order valence-electron chi connectivity index (χ3n) is 5.65. The number of anilines is 1. The van der Waals surface area contributed by atoms with E-state index in [-0.39, 0.29) is 11.4 Å². The van der Waals surface area contributed by atoms with Gasteiger partial charge >= 0.3 is 5.97 Å². The van der Waals surface area contributed by atoms with Crippen LogP contribution in [0.4, 0.5) is 5.82 Å². The average Bonchev–Trinajstić information content (AvgIpc) is 3.11. The molecule has 120 valence electrons. The standard InChI is InChI=1S/C19H22N2O2/c1-13-10-14-6-3-4-8-16(14)20-17(13)21-11-15-7-5-9-19(15,12-21)18(22)23-2/h3-4,6,8,10,15H,5,7,9,11-12H2,1-2H3. The van der Waals surface area contributed by atoms with Gasteiger partial charge in [-0.15, -0.1) is 0 Å². The third-order valence-corrected chi connectivity index (χ3v) is 5.65. The lowest BCUT2D eigenvalue weighted by atomic mass is 9.81. The molecule has 0 N–H and O–H groups in total. The van der Waals surface area contributed by atoms with Gasteiger partial charge in [0.05, 0.1) is 18.0 Å². The summed E-state index contributed by atoms with van der Waals surface area (Å²) >= 11 is 0. The van der Waals surface area contributed by atoms with E-state index in [0.717, 1.165) is 49.1 Å². The predicted molar refractivity (Wildman–Crippen MR) is 90.5 cm³/mol. The zero-order chi connectivity index (χ0) is 16.0. The highest BCUT2D eigenvalue weighted by Gasteiger charge is 2.55. The van der Waals surface area contributed by atoms with E-state index < -0.39 is 0 Å². The van der Waals surface area contributed by atoms with Crippen molar-refractivity contribution in [1.29, 1.82) is 0 Å². The monoisotopic (exact) mass is 310 g/mol. The molecule has 2 atom stereocenters. The maximum absolute atomic E-state index is 12.4. The quantitative estimate of drug-likeness (QED) is 0.798. The molecule has 2 aliphatic rings. The fraction of sp³-hybridized carbons (Fsp3) is 0.474. The molecule has 4 heteroatoms. The van der Waals surface area contributed by atoms with Crippen molar-refractivity contribution in [3.05, 3.63) is 35.9 Å². The molecule has 1 saturated heterocycles. The lowest BCUT2D eigenvalue weighted by Gasteiger charge is -2.26. The summed E-state index contributed by atoms with van der Waals surface area (Å²) < 4.78 is 5.14. The van der Waals surface area contributed by atoms with Crippen LogP contribution in [-0.4, -0.2) is 31.2 Å². The number of carbonyl (C=O) groups excluding carboxylic acids is 1. The molecule has 4 nitrogen and oxygen atoms in total. The second-order valence-electron chi connectivity index (χ2n) is 6.94. The highest BCUT2D eigenvalue weighted by Crippen LogP contribution is 2.50. The fourth-order valence-electron chi connectivity index (χ4n) is 4.52. The first kappa shape index (κ1) is 14.5. The molecule has 0 bridgehead atoms. The van der Waals surface area contributed by atoms with Crippen LogP contribution in [0.25, 0.3) is 10.9 Å². The van der Waals surface area contributed by atoms with Crippen molar-refractivity contribution in [1.82, 2.24) is 4.98 Å². The van der Waals surface area contributed by atoms with Crippen LogP contribution >= 0.6 is 0 Å². The molecule has 1 aliphatic carbocycles. The predicted octanol–water partition coefficient (Wildman–Crippen LogP) is 3.32. The molecule has 2 fully saturated rings. The molecule has 2 aromatic rings. The van der Waals surface area contributed by atoms with Crippen LogP contribution in [0.2, 0.25) is 0 Å². The molecule has 0 amide bonds. The molecule has 23 heavy (non-hydrogen) atoms. The summed E-state index contributed by atoms with van der Waals surface area (Å²) in [7, 11) is 1.51.